The molecular formula is C35H62O4. The second-order valence-corrected chi connectivity index (χ2v) is 11.0. The normalized spacial score (nSPS) is 12.7. The lowest BCUT2D eigenvalue weighted by Gasteiger charge is -2.18. The first-order valence-corrected chi connectivity index (χ1v) is 16.5. The first kappa shape index (κ1) is 37.2. The predicted octanol–water partition coefficient (Wildman–Crippen LogP) is 11.1. The van der Waals surface area contributed by atoms with E-state index >= 15 is 0 Å². The molecule has 0 rings (SSSR count). The van der Waals surface area contributed by atoms with Crippen LogP contribution in [-0.4, -0.2) is 23.1 Å². The molecule has 0 aromatic rings. The molecular weight excluding hydrogens is 484 g/mol. The fourth-order valence-electron chi connectivity index (χ4n) is 4.73. The number of unbranched alkanes of at least 4 members (excludes halogenated alkanes) is 14. The van der Waals surface area contributed by atoms with E-state index in [9.17, 15) is 9.59 Å². The molecule has 0 aliphatic heterocycles. The maximum atomic E-state index is 12.4. The van der Waals surface area contributed by atoms with Gasteiger partial charge in [0.2, 0.25) is 0 Å². The van der Waals surface area contributed by atoms with E-state index in [1.54, 1.807) is 0 Å². The number of hydrogen-bond donors (Lipinski definition) is 1. The minimum atomic E-state index is -0.686. The molecule has 1 N–H and O–H groups in total. The predicted molar refractivity (Wildman–Crippen MR) is 167 cm³/mol. The number of hydrogen-bond acceptors (Lipinski definition) is 3. The zero-order valence-electron chi connectivity index (χ0n) is 25.7. The third kappa shape index (κ3) is 30.6. The molecule has 0 fully saturated rings. The van der Waals surface area contributed by atoms with Gasteiger partial charge in [0.1, 0.15) is 6.10 Å². The monoisotopic (exact) mass is 546 g/mol. The molecule has 1 atom stereocenters. The summed E-state index contributed by atoms with van der Waals surface area (Å²) < 4.78 is 5.90. The number of carboxylic acid groups (broad SMARTS) is 1. The summed E-state index contributed by atoms with van der Waals surface area (Å²) in [6.07, 6.45) is 38.9. The van der Waals surface area contributed by atoms with Gasteiger partial charge in [-0.15, -0.1) is 0 Å². The van der Waals surface area contributed by atoms with Crippen LogP contribution in [0.25, 0.3) is 0 Å². The maximum absolute atomic E-state index is 12.4. The van der Waals surface area contributed by atoms with Crippen LogP contribution in [0.3, 0.4) is 0 Å². The molecule has 0 aromatic heterocycles. The van der Waals surface area contributed by atoms with Gasteiger partial charge in [-0.3, -0.25) is 9.59 Å². The highest BCUT2D eigenvalue weighted by Crippen LogP contribution is 2.18. The Morgan fingerprint density at radius 2 is 1.08 bits per heavy atom. The summed E-state index contributed by atoms with van der Waals surface area (Å²) in [4.78, 5) is 23.0. The number of rotatable bonds is 29. The largest absolute Gasteiger partial charge is 0.481 e. The van der Waals surface area contributed by atoms with Gasteiger partial charge in [0, 0.05) is 12.8 Å². The van der Waals surface area contributed by atoms with Gasteiger partial charge in [-0.25, -0.2) is 0 Å². The van der Waals surface area contributed by atoms with Crippen molar-refractivity contribution in [1.29, 1.82) is 0 Å². The molecule has 0 spiro atoms. The van der Waals surface area contributed by atoms with Gasteiger partial charge in [-0.1, -0.05) is 121 Å². The van der Waals surface area contributed by atoms with Gasteiger partial charge in [0.25, 0.3) is 0 Å². The zero-order valence-corrected chi connectivity index (χ0v) is 25.7. The molecule has 4 nitrogen and oxygen atoms in total. The fourth-order valence-corrected chi connectivity index (χ4v) is 4.73. The van der Waals surface area contributed by atoms with Crippen molar-refractivity contribution in [3.05, 3.63) is 36.5 Å². The lowest BCUT2D eigenvalue weighted by molar-refractivity contribution is -0.150. The summed E-state index contributed by atoms with van der Waals surface area (Å²) in [7, 11) is 0. The van der Waals surface area contributed by atoms with Crippen LogP contribution in [0.5, 0.6) is 0 Å². The molecule has 0 heterocycles. The van der Waals surface area contributed by atoms with Crippen molar-refractivity contribution in [2.24, 2.45) is 0 Å². The van der Waals surface area contributed by atoms with E-state index in [0.717, 1.165) is 83.5 Å². The third-order valence-electron chi connectivity index (χ3n) is 7.13. The molecule has 0 aliphatic rings. The summed E-state index contributed by atoms with van der Waals surface area (Å²) in [6, 6.07) is 0. The van der Waals surface area contributed by atoms with Crippen molar-refractivity contribution >= 4 is 11.9 Å². The average Bonchev–Trinajstić information content (AvgIpc) is 2.91. The Morgan fingerprint density at radius 3 is 1.67 bits per heavy atom. The van der Waals surface area contributed by atoms with E-state index in [4.69, 9.17) is 9.84 Å². The van der Waals surface area contributed by atoms with Crippen molar-refractivity contribution in [3.8, 4) is 0 Å². The highest BCUT2D eigenvalue weighted by Gasteiger charge is 2.14. The molecule has 0 amide bonds. The van der Waals surface area contributed by atoms with E-state index in [-0.39, 0.29) is 12.1 Å². The molecule has 4 heteroatoms. The van der Waals surface area contributed by atoms with Crippen LogP contribution in [0.1, 0.15) is 168 Å². The van der Waals surface area contributed by atoms with Crippen molar-refractivity contribution in [2.45, 2.75) is 174 Å². The number of carbonyl (C=O) groups is 2. The highest BCUT2D eigenvalue weighted by atomic mass is 16.5. The quantitative estimate of drug-likeness (QED) is 0.0575. The Hall–Kier alpha value is -1.84. The summed E-state index contributed by atoms with van der Waals surface area (Å²) in [5.74, 6) is -0.687. The number of allylic oxidation sites excluding steroid dienone is 6. The SMILES string of the molecule is CC/C=C\C/C=C\C/C=C\CCCCCCCC(=O)OC(CCCCC)CCCCCCCCCCC(=O)O. The van der Waals surface area contributed by atoms with Crippen LogP contribution < -0.4 is 0 Å². The van der Waals surface area contributed by atoms with Crippen molar-refractivity contribution in [2.75, 3.05) is 0 Å². The highest BCUT2D eigenvalue weighted by molar-refractivity contribution is 5.69. The Bertz CT molecular complexity index is 635. The lowest BCUT2D eigenvalue weighted by atomic mass is 10.0. The van der Waals surface area contributed by atoms with Gasteiger partial charge in [-0.05, 0) is 70.6 Å². The second kappa shape index (κ2) is 30.7. The van der Waals surface area contributed by atoms with Crippen LogP contribution in [-0.2, 0) is 14.3 Å². The summed E-state index contributed by atoms with van der Waals surface area (Å²) in [6.45, 7) is 4.37. The summed E-state index contributed by atoms with van der Waals surface area (Å²) in [5, 5.41) is 8.68. The van der Waals surface area contributed by atoms with Crippen molar-refractivity contribution < 1.29 is 19.4 Å². The average molecular weight is 547 g/mol. The topological polar surface area (TPSA) is 63.6 Å². The lowest BCUT2D eigenvalue weighted by Crippen LogP contribution is -2.18. The van der Waals surface area contributed by atoms with E-state index in [0.29, 0.717) is 12.8 Å². The molecule has 226 valence electrons. The Morgan fingerprint density at radius 1 is 0.590 bits per heavy atom. The minimum Gasteiger partial charge on any atom is -0.481 e. The number of carbonyl (C=O) groups excluding carboxylic acids is 1. The first-order valence-electron chi connectivity index (χ1n) is 16.5. The molecule has 0 radical (unpaired) electrons. The molecule has 39 heavy (non-hydrogen) atoms. The van der Waals surface area contributed by atoms with E-state index in [2.05, 4.69) is 50.3 Å². The van der Waals surface area contributed by atoms with Crippen LogP contribution >= 0.6 is 0 Å². The number of ether oxygens (including phenoxy) is 1. The summed E-state index contributed by atoms with van der Waals surface area (Å²) in [5.41, 5.74) is 0. The van der Waals surface area contributed by atoms with Gasteiger partial charge in [0.15, 0.2) is 0 Å². The molecule has 0 aliphatic carbocycles. The summed E-state index contributed by atoms with van der Waals surface area (Å²) >= 11 is 0. The van der Waals surface area contributed by atoms with Crippen LogP contribution in [0.15, 0.2) is 36.5 Å². The standard InChI is InChI=1S/C35H62O4/c1-3-5-7-8-9-10-11-12-13-14-15-16-21-24-28-32-35(38)39-33(29-25-6-4-2)30-26-22-19-17-18-20-23-27-31-34(36)37/h5,7,9-10,12-13,33H,3-4,6,8,11,14-32H2,1-2H3,(H,36,37)/b7-5-,10-9-,13-12-. The molecule has 0 aromatic carbocycles. The van der Waals surface area contributed by atoms with Gasteiger partial charge in [-0.2, -0.15) is 0 Å². The van der Waals surface area contributed by atoms with Crippen LogP contribution in [0, 0.1) is 0 Å². The van der Waals surface area contributed by atoms with Crippen LogP contribution in [0.2, 0.25) is 0 Å². The number of carboxylic acids is 1. The van der Waals surface area contributed by atoms with Crippen LogP contribution in [0.4, 0.5) is 0 Å². The third-order valence-corrected chi connectivity index (χ3v) is 7.13. The van der Waals surface area contributed by atoms with E-state index in [1.165, 1.54) is 57.8 Å². The molecule has 1 unspecified atom stereocenters. The molecule has 0 bridgehead atoms. The van der Waals surface area contributed by atoms with E-state index in [1.807, 2.05) is 0 Å². The fraction of sp³-hybridized carbons (Fsp3) is 0.771. The van der Waals surface area contributed by atoms with Gasteiger partial charge >= 0.3 is 11.9 Å². The smallest absolute Gasteiger partial charge is 0.306 e. The van der Waals surface area contributed by atoms with Crippen molar-refractivity contribution in [1.82, 2.24) is 0 Å². The van der Waals surface area contributed by atoms with E-state index < -0.39 is 5.97 Å². The Kier molecular flexibility index (Phi) is 29.2. The Balaban J connectivity index is 3.82. The molecule has 0 saturated carbocycles. The maximum Gasteiger partial charge on any atom is 0.306 e. The van der Waals surface area contributed by atoms with Gasteiger partial charge < -0.3 is 9.84 Å². The number of aliphatic carboxylic acids is 1. The molecule has 0 saturated heterocycles. The second-order valence-electron chi connectivity index (χ2n) is 11.0. The zero-order chi connectivity index (χ0) is 28.7. The Labute approximate surface area is 241 Å². The number of esters is 1. The van der Waals surface area contributed by atoms with Gasteiger partial charge in [0.05, 0.1) is 0 Å². The van der Waals surface area contributed by atoms with Crippen molar-refractivity contribution in [3.63, 3.8) is 0 Å². The first-order chi connectivity index (χ1) is 19.1. The minimum absolute atomic E-state index is 0.000896.